The van der Waals surface area contributed by atoms with E-state index >= 15 is 4.39 Å². The summed E-state index contributed by atoms with van der Waals surface area (Å²) in [5, 5.41) is 10.6. The highest BCUT2D eigenvalue weighted by atomic mass is 19.1. The lowest BCUT2D eigenvalue weighted by Gasteiger charge is -2.36. The summed E-state index contributed by atoms with van der Waals surface area (Å²) in [5.41, 5.74) is 7.77. The topological polar surface area (TPSA) is 101 Å². The lowest BCUT2D eigenvalue weighted by molar-refractivity contribution is -0.136. The van der Waals surface area contributed by atoms with Gasteiger partial charge in [-0.3, -0.25) is 14.6 Å². The van der Waals surface area contributed by atoms with E-state index in [9.17, 15) is 14.7 Å². The summed E-state index contributed by atoms with van der Waals surface area (Å²) in [5.74, 6) is -1.29. The average Bonchev–Trinajstić information content (AvgIpc) is 3.42. The summed E-state index contributed by atoms with van der Waals surface area (Å²) in [6, 6.07) is 17.3. The van der Waals surface area contributed by atoms with Gasteiger partial charge in [0.15, 0.2) is 11.6 Å². The van der Waals surface area contributed by atoms with Crippen LogP contribution >= 0.6 is 0 Å². The highest BCUT2D eigenvalue weighted by molar-refractivity contribution is 6.01. The van der Waals surface area contributed by atoms with Crippen LogP contribution in [0.4, 0.5) is 10.1 Å². The average molecular weight is 634 g/mol. The van der Waals surface area contributed by atoms with Gasteiger partial charge in [0.1, 0.15) is 11.3 Å². The van der Waals surface area contributed by atoms with Crippen LogP contribution in [0.15, 0.2) is 60.8 Å². The first kappa shape index (κ1) is 30.4. The van der Waals surface area contributed by atoms with Crippen molar-refractivity contribution in [1.29, 1.82) is 0 Å². The molecule has 2 aliphatic rings. The first-order valence-electron chi connectivity index (χ1n) is 15.9. The van der Waals surface area contributed by atoms with Crippen LogP contribution in [0.25, 0.3) is 33.4 Å². The summed E-state index contributed by atoms with van der Waals surface area (Å²) in [6.45, 7) is 6.86. The monoisotopic (exact) mass is 633 g/mol. The SMILES string of the molecule is Cc1nc2c(cc(-c3ccnc(C(=O)N4CCN(c5ccccc5)CC4)c3)n2C)c(-c2cc(F)c3c(c2C)CCCO3)c1CC(=O)O. The number of carboxylic acids is 1. The van der Waals surface area contributed by atoms with E-state index in [1.165, 1.54) is 6.07 Å². The second kappa shape index (κ2) is 12.2. The molecule has 9 nitrogen and oxygen atoms in total. The number of halogens is 1. The third kappa shape index (κ3) is 5.47. The van der Waals surface area contributed by atoms with Gasteiger partial charge >= 0.3 is 5.97 Å². The first-order chi connectivity index (χ1) is 22.7. The number of hydrogen-bond acceptors (Lipinski definition) is 6. The van der Waals surface area contributed by atoms with E-state index in [1.807, 2.05) is 53.8 Å². The number of ether oxygens (including phenoxy) is 1. The predicted octanol–water partition coefficient (Wildman–Crippen LogP) is 5.97. The Kier molecular flexibility index (Phi) is 7.87. The summed E-state index contributed by atoms with van der Waals surface area (Å²) < 4.78 is 23.1. The minimum atomic E-state index is -0.993. The molecule has 0 bridgehead atoms. The van der Waals surface area contributed by atoms with E-state index in [-0.39, 0.29) is 18.1 Å². The van der Waals surface area contributed by atoms with E-state index in [1.54, 1.807) is 19.2 Å². The van der Waals surface area contributed by atoms with Gasteiger partial charge in [-0.1, -0.05) is 18.2 Å². The van der Waals surface area contributed by atoms with Crippen LogP contribution in [0, 0.1) is 19.7 Å². The van der Waals surface area contributed by atoms with Crippen LogP contribution in [0.5, 0.6) is 5.75 Å². The number of carboxylic acid groups (broad SMARTS) is 1. The fourth-order valence-electron chi connectivity index (χ4n) is 7.03. The number of rotatable bonds is 6. The zero-order valence-electron chi connectivity index (χ0n) is 26.7. The molecule has 5 heterocycles. The predicted molar refractivity (Wildman–Crippen MR) is 179 cm³/mol. The van der Waals surface area contributed by atoms with Crippen LogP contribution in [0.3, 0.4) is 0 Å². The number of carbonyl (C=O) groups excluding carboxylic acids is 1. The second-order valence-electron chi connectivity index (χ2n) is 12.3. The number of aromatic nitrogens is 3. The van der Waals surface area contributed by atoms with Crippen molar-refractivity contribution >= 4 is 28.6 Å². The molecule has 0 radical (unpaired) electrons. The number of nitrogens with zero attached hydrogens (tertiary/aromatic N) is 5. The molecule has 0 spiro atoms. The molecule has 7 rings (SSSR count). The van der Waals surface area contributed by atoms with Gasteiger partial charge in [-0.25, -0.2) is 9.37 Å². The molecule has 2 aliphatic heterocycles. The van der Waals surface area contributed by atoms with Crippen LogP contribution < -0.4 is 9.64 Å². The van der Waals surface area contributed by atoms with Crippen LogP contribution in [-0.4, -0.2) is 69.2 Å². The number of pyridine rings is 2. The number of para-hydroxylation sites is 1. The smallest absolute Gasteiger partial charge is 0.307 e. The fraction of sp³-hybridized carbons (Fsp3) is 0.297. The van der Waals surface area contributed by atoms with Crippen molar-refractivity contribution < 1.29 is 23.8 Å². The standard InChI is InChI=1S/C37H36FN5O4/c1-22-26-10-7-17-47-35(26)30(38)19-27(22)34-28(21-33(44)45)23(2)40-36-29(34)20-32(41(36)3)24-11-12-39-31(18-24)37(46)43-15-13-42(14-16-43)25-8-5-4-6-9-25/h4-6,8-9,11-12,18-20H,7,10,13-17,21H2,1-3H3,(H,44,45). The van der Waals surface area contributed by atoms with E-state index < -0.39 is 11.8 Å². The van der Waals surface area contributed by atoms with Crippen molar-refractivity contribution in [3.8, 4) is 28.1 Å². The molecule has 1 N–H and O–H groups in total. The zero-order valence-corrected chi connectivity index (χ0v) is 26.7. The molecule has 5 aromatic rings. The minimum absolute atomic E-state index is 0.126. The normalized spacial score (nSPS) is 14.6. The van der Waals surface area contributed by atoms with Crippen LogP contribution in [-0.2, 0) is 24.7 Å². The number of aliphatic carboxylic acids is 1. The molecule has 0 aliphatic carbocycles. The third-order valence-corrected chi connectivity index (χ3v) is 9.48. The van der Waals surface area contributed by atoms with Crippen molar-refractivity contribution in [1.82, 2.24) is 19.4 Å². The number of hydrogen-bond donors (Lipinski definition) is 1. The maximum atomic E-state index is 15.5. The Morgan fingerprint density at radius 2 is 1.79 bits per heavy atom. The number of aryl methyl sites for hydroxylation is 2. The Hall–Kier alpha value is -5.25. The van der Waals surface area contributed by atoms with E-state index in [2.05, 4.69) is 22.0 Å². The Bertz CT molecular complexity index is 2030. The molecule has 1 saturated heterocycles. The Balaban J connectivity index is 1.28. The van der Waals surface area contributed by atoms with Crippen LogP contribution in [0.1, 0.15) is 39.3 Å². The van der Waals surface area contributed by atoms with Crippen molar-refractivity contribution in [2.45, 2.75) is 33.1 Å². The van der Waals surface area contributed by atoms with Crippen LogP contribution in [0.2, 0.25) is 0 Å². The van der Waals surface area contributed by atoms with Crippen molar-refractivity contribution in [3.63, 3.8) is 0 Å². The van der Waals surface area contributed by atoms with Gasteiger partial charge in [-0.15, -0.1) is 0 Å². The number of piperazine rings is 1. The van der Waals surface area contributed by atoms with E-state index in [0.717, 1.165) is 47.6 Å². The molecule has 2 aromatic carbocycles. The van der Waals surface area contributed by atoms with Gasteiger partial charge in [-0.05, 0) is 85.3 Å². The molecule has 0 unspecified atom stereocenters. The largest absolute Gasteiger partial charge is 0.490 e. The lowest BCUT2D eigenvalue weighted by atomic mass is 9.87. The highest BCUT2D eigenvalue weighted by Crippen LogP contribution is 2.43. The molecular formula is C37H36FN5O4. The van der Waals surface area contributed by atoms with Gasteiger partial charge in [0.05, 0.1) is 18.7 Å². The lowest BCUT2D eigenvalue weighted by Crippen LogP contribution is -2.49. The molecule has 47 heavy (non-hydrogen) atoms. The Labute approximate surface area is 272 Å². The molecular weight excluding hydrogens is 597 g/mol. The van der Waals surface area contributed by atoms with E-state index in [4.69, 9.17) is 9.72 Å². The quantitative estimate of drug-likeness (QED) is 0.246. The molecule has 0 saturated carbocycles. The number of amides is 1. The van der Waals surface area contributed by atoms with Gasteiger partial charge in [0.25, 0.3) is 5.91 Å². The maximum Gasteiger partial charge on any atom is 0.307 e. The van der Waals surface area contributed by atoms with Gasteiger partial charge in [0.2, 0.25) is 0 Å². The first-order valence-corrected chi connectivity index (χ1v) is 15.9. The number of fused-ring (bicyclic) bond motifs is 2. The minimum Gasteiger partial charge on any atom is -0.490 e. The molecule has 0 atom stereocenters. The molecule has 3 aromatic heterocycles. The van der Waals surface area contributed by atoms with Gasteiger partial charge < -0.3 is 24.2 Å². The third-order valence-electron chi connectivity index (χ3n) is 9.48. The number of anilines is 1. The van der Waals surface area contributed by atoms with E-state index in [0.29, 0.717) is 65.2 Å². The number of carbonyl (C=O) groups is 2. The summed E-state index contributed by atoms with van der Waals surface area (Å²) in [6.07, 6.45) is 2.85. The number of benzene rings is 2. The van der Waals surface area contributed by atoms with Crippen molar-refractivity contribution in [2.75, 3.05) is 37.7 Å². The summed E-state index contributed by atoms with van der Waals surface area (Å²) >= 11 is 0. The molecule has 1 amide bonds. The molecule has 1 fully saturated rings. The molecule has 240 valence electrons. The van der Waals surface area contributed by atoms with Gasteiger partial charge in [0, 0.05) is 67.3 Å². The maximum absolute atomic E-state index is 15.5. The van der Waals surface area contributed by atoms with Gasteiger partial charge in [-0.2, -0.15) is 0 Å². The highest BCUT2D eigenvalue weighted by Gasteiger charge is 2.27. The Morgan fingerprint density at radius 1 is 1.02 bits per heavy atom. The van der Waals surface area contributed by atoms with Crippen molar-refractivity contribution in [3.05, 3.63) is 94.7 Å². The second-order valence-corrected chi connectivity index (χ2v) is 12.3. The zero-order chi connectivity index (χ0) is 32.8. The summed E-state index contributed by atoms with van der Waals surface area (Å²) in [4.78, 5) is 39.1. The van der Waals surface area contributed by atoms with Crippen molar-refractivity contribution in [2.24, 2.45) is 7.05 Å². The Morgan fingerprint density at radius 3 is 2.53 bits per heavy atom. The fourth-order valence-corrected chi connectivity index (χ4v) is 7.03. The molecule has 10 heteroatoms. The summed E-state index contributed by atoms with van der Waals surface area (Å²) in [7, 11) is 1.89.